The largest absolute Gasteiger partial charge is 0.496 e. The van der Waals surface area contributed by atoms with E-state index in [2.05, 4.69) is 35.4 Å². The molecule has 20 heavy (non-hydrogen) atoms. The summed E-state index contributed by atoms with van der Waals surface area (Å²) in [6.45, 7) is 2.99. The second kappa shape index (κ2) is 5.94. The van der Waals surface area contributed by atoms with E-state index in [0.717, 1.165) is 17.3 Å². The topological polar surface area (TPSA) is 34.1 Å². The summed E-state index contributed by atoms with van der Waals surface area (Å²) in [5.74, 6) is 1.65. The molecule has 0 aliphatic heterocycles. The number of aromatic nitrogens is 1. The molecule has 3 rings (SSSR count). The highest BCUT2D eigenvalue weighted by Gasteiger charge is 2.31. The molecule has 0 saturated heterocycles. The Labute approximate surface area is 124 Å². The van der Waals surface area contributed by atoms with Crippen molar-refractivity contribution in [3.8, 4) is 5.75 Å². The van der Waals surface area contributed by atoms with Crippen molar-refractivity contribution in [2.75, 3.05) is 7.11 Å². The lowest BCUT2D eigenvalue weighted by Gasteiger charge is -2.36. The van der Waals surface area contributed by atoms with Crippen molar-refractivity contribution in [1.29, 1.82) is 0 Å². The first-order valence-corrected chi connectivity index (χ1v) is 7.85. The third kappa shape index (κ3) is 2.86. The molecule has 0 unspecified atom stereocenters. The number of aryl methyl sites for hydroxylation is 1. The van der Waals surface area contributed by atoms with E-state index in [0.29, 0.717) is 12.0 Å². The summed E-state index contributed by atoms with van der Waals surface area (Å²) in [5, 5.41) is 4.76. The molecule has 4 heteroatoms. The van der Waals surface area contributed by atoms with Crippen molar-refractivity contribution in [2.24, 2.45) is 0 Å². The molecule has 0 radical (unpaired) electrons. The van der Waals surface area contributed by atoms with Gasteiger partial charge in [0.2, 0.25) is 0 Å². The molecule has 1 saturated carbocycles. The van der Waals surface area contributed by atoms with Crippen LogP contribution in [-0.2, 0) is 6.54 Å². The minimum atomic E-state index is 0.618. The Bertz CT molecular complexity index is 575. The number of hydrogen-bond donors (Lipinski definition) is 1. The van der Waals surface area contributed by atoms with Gasteiger partial charge in [-0.05, 0) is 37.3 Å². The number of hydrogen-bond acceptors (Lipinski definition) is 4. The fraction of sp³-hybridized carbons (Fsp3) is 0.438. The Hall–Kier alpha value is -1.39. The SMILES string of the molecule is COc1ccccc1C1CC(NCc2cnc(C)s2)C1. The molecule has 2 aromatic rings. The molecule has 3 nitrogen and oxygen atoms in total. The molecule has 0 amide bonds. The Morgan fingerprint density at radius 2 is 2.15 bits per heavy atom. The number of benzene rings is 1. The average Bonchev–Trinajstić information content (AvgIpc) is 2.83. The summed E-state index contributed by atoms with van der Waals surface area (Å²) in [7, 11) is 1.75. The number of nitrogens with one attached hydrogen (secondary N) is 1. The first-order chi connectivity index (χ1) is 9.76. The van der Waals surface area contributed by atoms with Crippen LogP contribution in [0, 0.1) is 6.92 Å². The standard InChI is InChI=1S/C16H20N2OS/c1-11-17-9-14(20-11)10-18-13-7-12(8-13)15-5-3-4-6-16(15)19-2/h3-6,9,12-13,18H,7-8,10H2,1-2H3. The van der Waals surface area contributed by atoms with E-state index in [1.54, 1.807) is 18.4 Å². The lowest BCUT2D eigenvalue weighted by Crippen LogP contribution is -2.39. The summed E-state index contributed by atoms with van der Waals surface area (Å²) in [6, 6.07) is 8.98. The smallest absolute Gasteiger partial charge is 0.122 e. The quantitative estimate of drug-likeness (QED) is 0.914. The Morgan fingerprint density at radius 1 is 1.35 bits per heavy atom. The summed E-state index contributed by atoms with van der Waals surface area (Å²) >= 11 is 1.77. The number of thiazole rings is 1. The van der Waals surface area contributed by atoms with E-state index < -0.39 is 0 Å². The fourth-order valence-corrected chi connectivity index (χ4v) is 3.52. The summed E-state index contributed by atoms with van der Waals surface area (Å²) in [5.41, 5.74) is 1.35. The van der Waals surface area contributed by atoms with E-state index in [-0.39, 0.29) is 0 Å². The first kappa shape index (κ1) is 13.6. The highest BCUT2D eigenvalue weighted by atomic mass is 32.1. The summed E-state index contributed by atoms with van der Waals surface area (Å²) < 4.78 is 5.44. The van der Waals surface area contributed by atoms with Gasteiger partial charge in [0.25, 0.3) is 0 Å². The van der Waals surface area contributed by atoms with Gasteiger partial charge in [0.05, 0.1) is 12.1 Å². The van der Waals surface area contributed by atoms with Crippen LogP contribution < -0.4 is 10.1 Å². The van der Waals surface area contributed by atoms with Gasteiger partial charge in [0, 0.05) is 23.7 Å². The number of para-hydroxylation sites is 1. The first-order valence-electron chi connectivity index (χ1n) is 7.04. The number of ether oxygens (including phenoxy) is 1. The van der Waals surface area contributed by atoms with Crippen LogP contribution in [0.3, 0.4) is 0 Å². The van der Waals surface area contributed by atoms with Crippen molar-refractivity contribution < 1.29 is 4.74 Å². The van der Waals surface area contributed by atoms with Gasteiger partial charge in [0.15, 0.2) is 0 Å². The van der Waals surface area contributed by atoms with Crippen LogP contribution in [0.25, 0.3) is 0 Å². The zero-order chi connectivity index (χ0) is 13.9. The number of methoxy groups -OCH3 is 1. The van der Waals surface area contributed by atoms with Gasteiger partial charge in [-0.1, -0.05) is 18.2 Å². The fourth-order valence-electron chi connectivity index (χ4n) is 2.77. The molecule has 1 aromatic heterocycles. The summed E-state index contributed by atoms with van der Waals surface area (Å²) in [6.07, 6.45) is 4.36. The molecular formula is C16H20N2OS. The Kier molecular flexibility index (Phi) is 4.03. The monoisotopic (exact) mass is 288 g/mol. The Balaban J connectivity index is 1.51. The lowest BCUT2D eigenvalue weighted by molar-refractivity contribution is 0.282. The highest BCUT2D eigenvalue weighted by molar-refractivity contribution is 7.11. The predicted octanol–water partition coefficient (Wildman–Crippen LogP) is 3.50. The number of nitrogens with zero attached hydrogens (tertiary/aromatic N) is 1. The zero-order valence-electron chi connectivity index (χ0n) is 11.9. The molecule has 0 spiro atoms. The molecule has 106 valence electrons. The van der Waals surface area contributed by atoms with Gasteiger partial charge < -0.3 is 10.1 Å². The maximum Gasteiger partial charge on any atom is 0.122 e. The molecular weight excluding hydrogens is 268 g/mol. The van der Waals surface area contributed by atoms with Crippen molar-refractivity contribution in [2.45, 2.75) is 38.3 Å². The van der Waals surface area contributed by atoms with E-state index >= 15 is 0 Å². The minimum absolute atomic E-state index is 0.618. The van der Waals surface area contributed by atoms with Crippen molar-refractivity contribution >= 4 is 11.3 Å². The van der Waals surface area contributed by atoms with Gasteiger partial charge in [-0.3, -0.25) is 0 Å². The molecule has 1 aliphatic rings. The molecule has 1 fully saturated rings. The molecule has 1 aliphatic carbocycles. The van der Waals surface area contributed by atoms with E-state index in [1.165, 1.54) is 23.3 Å². The van der Waals surface area contributed by atoms with Gasteiger partial charge in [0.1, 0.15) is 5.75 Å². The van der Waals surface area contributed by atoms with E-state index in [4.69, 9.17) is 4.74 Å². The molecule has 0 atom stereocenters. The van der Waals surface area contributed by atoms with Crippen molar-refractivity contribution in [3.63, 3.8) is 0 Å². The van der Waals surface area contributed by atoms with Gasteiger partial charge >= 0.3 is 0 Å². The molecule has 1 heterocycles. The van der Waals surface area contributed by atoms with Crippen LogP contribution >= 0.6 is 11.3 Å². The average molecular weight is 288 g/mol. The van der Waals surface area contributed by atoms with Crippen LogP contribution in [0.1, 0.15) is 34.2 Å². The zero-order valence-corrected chi connectivity index (χ0v) is 12.7. The molecule has 1 N–H and O–H groups in total. The van der Waals surface area contributed by atoms with Crippen molar-refractivity contribution in [1.82, 2.24) is 10.3 Å². The second-order valence-electron chi connectivity index (χ2n) is 5.33. The van der Waals surface area contributed by atoms with Gasteiger partial charge in [-0.25, -0.2) is 4.98 Å². The van der Waals surface area contributed by atoms with E-state index in [1.807, 2.05) is 12.3 Å². The summed E-state index contributed by atoms with van der Waals surface area (Å²) in [4.78, 5) is 5.61. The highest BCUT2D eigenvalue weighted by Crippen LogP contribution is 2.41. The number of rotatable bonds is 5. The lowest BCUT2D eigenvalue weighted by atomic mass is 9.75. The van der Waals surface area contributed by atoms with Crippen LogP contribution in [0.5, 0.6) is 5.75 Å². The molecule has 0 bridgehead atoms. The predicted molar refractivity (Wildman–Crippen MR) is 82.4 cm³/mol. The maximum atomic E-state index is 5.44. The minimum Gasteiger partial charge on any atom is -0.496 e. The van der Waals surface area contributed by atoms with Crippen molar-refractivity contribution in [3.05, 3.63) is 45.9 Å². The van der Waals surface area contributed by atoms with Crippen LogP contribution in [0.2, 0.25) is 0 Å². The third-order valence-electron chi connectivity index (χ3n) is 3.95. The second-order valence-corrected chi connectivity index (χ2v) is 6.65. The van der Waals surface area contributed by atoms with Gasteiger partial charge in [-0.2, -0.15) is 0 Å². The van der Waals surface area contributed by atoms with Gasteiger partial charge in [-0.15, -0.1) is 11.3 Å². The molecule has 1 aromatic carbocycles. The van der Waals surface area contributed by atoms with Crippen LogP contribution in [0.15, 0.2) is 30.5 Å². The Morgan fingerprint density at radius 3 is 2.85 bits per heavy atom. The third-order valence-corrected chi connectivity index (χ3v) is 4.86. The normalized spacial score (nSPS) is 21.5. The maximum absolute atomic E-state index is 5.44. The van der Waals surface area contributed by atoms with Crippen LogP contribution in [-0.4, -0.2) is 18.1 Å². The van der Waals surface area contributed by atoms with Crippen LogP contribution in [0.4, 0.5) is 0 Å². The van der Waals surface area contributed by atoms with E-state index in [9.17, 15) is 0 Å².